The van der Waals surface area contributed by atoms with Crippen LogP contribution in [-0.2, 0) is 23.1 Å². The number of aliphatic imine (C=N–C) groups is 1. The predicted octanol–water partition coefficient (Wildman–Crippen LogP) is 1.01. The van der Waals surface area contributed by atoms with Crippen LogP contribution in [0, 0.1) is 6.92 Å². The number of aromatic nitrogens is 3. The van der Waals surface area contributed by atoms with E-state index in [-0.39, 0.29) is 0 Å². The lowest BCUT2D eigenvalue weighted by Gasteiger charge is -2.12. The van der Waals surface area contributed by atoms with Gasteiger partial charge in [-0.2, -0.15) is 0 Å². The highest BCUT2D eigenvalue weighted by Gasteiger charge is 2.05. The molecule has 0 unspecified atom stereocenters. The lowest BCUT2D eigenvalue weighted by atomic mass is 10.4. The van der Waals surface area contributed by atoms with Gasteiger partial charge in [-0.15, -0.1) is 10.2 Å². The number of unbranched alkanes of at least 4 members (excludes halogenated alkanes) is 1. The van der Waals surface area contributed by atoms with Gasteiger partial charge in [0.25, 0.3) is 0 Å². The number of hydrogen-bond acceptors (Lipinski definition) is 5. The fourth-order valence-corrected chi connectivity index (χ4v) is 1.91. The molecule has 8 nitrogen and oxygen atoms in total. The standard InChI is InChI=1S/C16H32N6O2/c1-5-6-10-24-11-7-8-17-16(18-9-12-23-4)19-13-15-21-20-14(2)22(15)3/h5-13H2,1-4H3,(H2,17,18,19). The first kappa shape index (κ1) is 20.4. The average molecular weight is 340 g/mol. The molecule has 0 aliphatic carbocycles. The molecule has 0 spiro atoms. The summed E-state index contributed by atoms with van der Waals surface area (Å²) in [7, 11) is 3.63. The molecule has 0 saturated heterocycles. The molecule has 1 heterocycles. The van der Waals surface area contributed by atoms with Crippen molar-refractivity contribution in [2.24, 2.45) is 12.0 Å². The third-order valence-corrected chi connectivity index (χ3v) is 3.56. The second-order valence-corrected chi connectivity index (χ2v) is 5.55. The minimum absolute atomic E-state index is 0.479. The first-order valence-corrected chi connectivity index (χ1v) is 8.62. The quantitative estimate of drug-likeness (QED) is 0.336. The highest BCUT2D eigenvalue weighted by molar-refractivity contribution is 5.79. The first-order valence-electron chi connectivity index (χ1n) is 8.62. The maximum atomic E-state index is 5.56. The molecular weight excluding hydrogens is 308 g/mol. The van der Waals surface area contributed by atoms with Crippen LogP contribution < -0.4 is 10.6 Å². The summed E-state index contributed by atoms with van der Waals surface area (Å²) in [5.41, 5.74) is 0. The van der Waals surface area contributed by atoms with Crippen molar-refractivity contribution in [3.63, 3.8) is 0 Å². The van der Waals surface area contributed by atoms with E-state index in [0.29, 0.717) is 19.7 Å². The molecule has 0 aliphatic heterocycles. The molecule has 2 N–H and O–H groups in total. The summed E-state index contributed by atoms with van der Waals surface area (Å²) in [6, 6.07) is 0. The van der Waals surface area contributed by atoms with Gasteiger partial charge in [-0.05, 0) is 19.8 Å². The van der Waals surface area contributed by atoms with Crippen molar-refractivity contribution in [1.29, 1.82) is 0 Å². The highest BCUT2D eigenvalue weighted by Crippen LogP contribution is 1.99. The van der Waals surface area contributed by atoms with Crippen molar-refractivity contribution in [3.05, 3.63) is 11.6 Å². The van der Waals surface area contributed by atoms with Crippen LogP contribution in [0.3, 0.4) is 0 Å². The minimum atomic E-state index is 0.479. The number of nitrogens with one attached hydrogen (secondary N) is 2. The zero-order valence-electron chi connectivity index (χ0n) is 15.5. The van der Waals surface area contributed by atoms with E-state index in [2.05, 4.69) is 32.7 Å². The second kappa shape index (κ2) is 12.7. The van der Waals surface area contributed by atoms with Crippen LogP contribution in [0.25, 0.3) is 0 Å². The fraction of sp³-hybridized carbons (Fsp3) is 0.812. The predicted molar refractivity (Wildman–Crippen MR) is 95.1 cm³/mol. The van der Waals surface area contributed by atoms with Gasteiger partial charge in [0.1, 0.15) is 12.4 Å². The van der Waals surface area contributed by atoms with Crippen LogP contribution >= 0.6 is 0 Å². The van der Waals surface area contributed by atoms with Crippen LogP contribution in [0.2, 0.25) is 0 Å². The maximum absolute atomic E-state index is 5.56. The van der Waals surface area contributed by atoms with E-state index in [4.69, 9.17) is 9.47 Å². The van der Waals surface area contributed by atoms with E-state index in [1.807, 2.05) is 18.5 Å². The molecule has 0 aromatic carbocycles. The lowest BCUT2D eigenvalue weighted by Crippen LogP contribution is -2.39. The van der Waals surface area contributed by atoms with Gasteiger partial charge in [-0.25, -0.2) is 4.99 Å². The normalized spacial score (nSPS) is 11.8. The summed E-state index contributed by atoms with van der Waals surface area (Å²) < 4.78 is 12.6. The number of rotatable bonds is 12. The summed E-state index contributed by atoms with van der Waals surface area (Å²) in [6.45, 7) is 8.31. The Balaban J connectivity index is 2.38. The molecule has 0 atom stereocenters. The van der Waals surface area contributed by atoms with E-state index in [9.17, 15) is 0 Å². The van der Waals surface area contributed by atoms with Gasteiger partial charge >= 0.3 is 0 Å². The van der Waals surface area contributed by atoms with Crippen molar-refractivity contribution in [2.75, 3.05) is 40.0 Å². The average Bonchev–Trinajstić information content (AvgIpc) is 2.90. The smallest absolute Gasteiger partial charge is 0.191 e. The fourth-order valence-electron chi connectivity index (χ4n) is 1.91. The van der Waals surface area contributed by atoms with Gasteiger partial charge < -0.3 is 24.7 Å². The van der Waals surface area contributed by atoms with Gasteiger partial charge in [0, 0.05) is 40.5 Å². The number of ether oxygens (including phenoxy) is 2. The van der Waals surface area contributed by atoms with Gasteiger partial charge in [0.2, 0.25) is 0 Å². The zero-order chi connectivity index (χ0) is 17.6. The lowest BCUT2D eigenvalue weighted by molar-refractivity contribution is 0.129. The van der Waals surface area contributed by atoms with Gasteiger partial charge in [-0.3, -0.25) is 0 Å². The minimum Gasteiger partial charge on any atom is -0.383 e. The Bertz CT molecular complexity index is 475. The molecular formula is C16H32N6O2. The molecule has 1 rings (SSSR count). The Kier molecular flexibility index (Phi) is 10.8. The molecule has 0 aliphatic rings. The van der Waals surface area contributed by atoms with Gasteiger partial charge in [-0.1, -0.05) is 13.3 Å². The number of guanidine groups is 1. The summed E-state index contributed by atoms with van der Waals surface area (Å²) in [6.07, 6.45) is 3.23. The molecule has 0 bridgehead atoms. The molecule has 1 aromatic heterocycles. The second-order valence-electron chi connectivity index (χ2n) is 5.55. The highest BCUT2D eigenvalue weighted by atomic mass is 16.5. The van der Waals surface area contributed by atoms with E-state index in [1.165, 1.54) is 6.42 Å². The Morgan fingerprint density at radius 3 is 2.54 bits per heavy atom. The van der Waals surface area contributed by atoms with Crippen molar-refractivity contribution in [3.8, 4) is 0 Å². The SMILES string of the molecule is CCCCOCCCNC(=NCc1nnc(C)n1C)NCCOC. The van der Waals surface area contributed by atoms with Crippen molar-refractivity contribution in [1.82, 2.24) is 25.4 Å². The Hall–Kier alpha value is -1.67. The van der Waals surface area contributed by atoms with E-state index >= 15 is 0 Å². The van der Waals surface area contributed by atoms with Crippen molar-refractivity contribution >= 4 is 5.96 Å². The molecule has 138 valence electrons. The molecule has 8 heteroatoms. The number of aryl methyl sites for hydroxylation is 1. The van der Waals surface area contributed by atoms with Crippen molar-refractivity contribution < 1.29 is 9.47 Å². The van der Waals surface area contributed by atoms with E-state index in [1.54, 1.807) is 7.11 Å². The van der Waals surface area contributed by atoms with Crippen molar-refractivity contribution in [2.45, 2.75) is 39.7 Å². The monoisotopic (exact) mass is 340 g/mol. The number of nitrogens with zero attached hydrogens (tertiary/aromatic N) is 4. The maximum Gasteiger partial charge on any atom is 0.191 e. The molecule has 0 fully saturated rings. The Labute approximate surface area is 145 Å². The zero-order valence-corrected chi connectivity index (χ0v) is 15.5. The number of hydrogen-bond donors (Lipinski definition) is 2. The van der Waals surface area contributed by atoms with E-state index in [0.717, 1.165) is 50.2 Å². The first-order chi connectivity index (χ1) is 11.7. The summed E-state index contributed by atoms with van der Waals surface area (Å²) >= 11 is 0. The summed E-state index contributed by atoms with van der Waals surface area (Å²) in [5, 5.41) is 14.7. The Morgan fingerprint density at radius 1 is 1.12 bits per heavy atom. The third-order valence-electron chi connectivity index (χ3n) is 3.56. The van der Waals surface area contributed by atoms with Gasteiger partial charge in [0.05, 0.1) is 6.61 Å². The van der Waals surface area contributed by atoms with Crippen LogP contribution in [-0.4, -0.2) is 60.7 Å². The molecule has 0 saturated carbocycles. The van der Waals surface area contributed by atoms with E-state index < -0.39 is 0 Å². The van der Waals surface area contributed by atoms with Crippen LogP contribution in [0.15, 0.2) is 4.99 Å². The molecule has 24 heavy (non-hydrogen) atoms. The van der Waals surface area contributed by atoms with Gasteiger partial charge in [0.15, 0.2) is 11.8 Å². The topological polar surface area (TPSA) is 85.6 Å². The van der Waals surface area contributed by atoms with Crippen LogP contribution in [0.4, 0.5) is 0 Å². The largest absolute Gasteiger partial charge is 0.383 e. The van der Waals surface area contributed by atoms with Crippen LogP contribution in [0.5, 0.6) is 0 Å². The molecule has 0 amide bonds. The Morgan fingerprint density at radius 2 is 1.88 bits per heavy atom. The third kappa shape index (κ3) is 8.26. The molecule has 0 radical (unpaired) electrons. The number of methoxy groups -OCH3 is 1. The summed E-state index contributed by atoms with van der Waals surface area (Å²) in [4.78, 5) is 4.56. The summed E-state index contributed by atoms with van der Waals surface area (Å²) in [5.74, 6) is 2.47. The van der Waals surface area contributed by atoms with Crippen LogP contribution in [0.1, 0.15) is 37.8 Å². The molecule has 1 aromatic rings.